The van der Waals surface area contributed by atoms with Crippen molar-refractivity contribution in [2.75, 3.05) is 13.6 Å². The van der Waals surface area contributed by atoms with Gasteiger partial charge in [-0.05, 0) is 0 Å². The van der Waals surface area contributed by atoms with E-state index in [4.69, 9.17) is 11.1 Å². The fourth-order valence-corrected chi connectivity index (χ4v) is 0.502. The third-order valence-electron chi connectivity index (χ3n) is 1.45. The number of hydrogen-bond acceptors (Lipinski definition) is 2. The van der Waals surface area contributed by atoms with Crippen LogP contribution in [-0.2, 0) is 4.79 Å². The minimum atomic E-state index is -0.0704. The zero-order valence-corrected chi connectivity index (χ0v) is 7.22. The Bertz CT molecular complexity index is 165. The summed E-state index contributed by atoms with van der Waals surface area (Å²) in [6.07, 6.45) is 0. The summed E-state index contributed by atoms with van der Waals surface area (Å²) in [6, 6.07) is 0. The first-order valence-corrected chi connectivity index (χ1v) is 3.53. The number of guanidine groups is 1. The van der Waals surface area contributed by atoms with Gasteiger partial charge in [0.1, 0.15) is 0 Å². The van der Waals surface area contributed by atoms with Gasteiger partial charge in [0.05, 0.1) is 6.54 Å². The Hall–Kier alpha value is -1.06. The molecule has 0 amide bonds. The average Bonchev–Trinajstić information content (AvgIpc) is 1.87. The number of hydrogen-bond donors (Lipinski definition) is 2. The number of likely N-dealkylation sites (N-methyl/N-ethyl adjacent to an activating group) is 1. The van der Waals surface area contributed by atoms with Gasteiger partial charge in [-0.15, -0.1) is 0 Å². The first-order valence-electron chi connectivity index (χ1n) is 3.53. The molecule has 0 saturated carbocycles. The zero-order chi connectivity index (χ0) is 9.02. The third kappa shape index (κ3) is 3.60. The molecule has 64 valence electrons. The molecular formula is C7H15N3O. The molecule has 0 spiro atoms. The van der Waals surface area contributed by atoms with E-state index in [0.29, 0.717) is 0 Å². The van der Waals surface area contributed by atoms with Gasteiger partial charge >= 0.3 is 0 Å². The van der Waals surface area contributed by atoms with Crippen molar-refractivity contribution in [3.05, 3.63) is 0 Å². The largest absolute Gasteiger partial charge is 0.370 e. The van der Waals surface area contributed by atoms with Crippen molar-refractivity contribution < 1.29 is 4.79 Å². The highest BCUT2D eigenvalue weighted by Crippen LogP contribution is 1.95. The van der Waals surface area contributed by atoms with E-state index in [1.165, 1.54) is 4.90 Å². The second-order valence-corrected chi connectivity index (χ2v) is 2.86. The molecule has 0 aliphatic carbocycles. The maximum atomic E-state index is 11.1. The summed E-state index contributed by atoms with van der Waals surface area (Å²) in [5.41, 5.74) is 5.14. The Morgan fingerprint density at radius 3 is 2.36 bits per heavy atom. The normalized spacial score (nSPS) is 9.82. The molecule has 0 aliphatic rings. The number of rotatable bonds is 3. The van der Waals surface area contributed by atoms with E-state index in [9.17, 15) is 4.79 Å². The van der Waals surface area contributed by atoms with Gasteiger partial charge in [-0.3, -0.25) is 10.2 Å². The molecule has 0 atom stereocenters. The summed E-state index contributed by atoms with van der Waals surface area (Å²) in [6.45, 7) is 3.89. The molecule has 0 aromatic heterocycles. The minimum Gasteiger partial charge on any atom is -0.370 e. The average molecular weight is 157 g/mol. The van der Waals surface area contributed by atoms with Crippen LogP contribution in [0.1, 0.15) is 13.8 Å². The number of nitrogens with one attached hydrogen (secondary N) is 1. The number of carbonyl (C=O) groups excluding carboxylic acids is 1. The van der Waals surface area contributed by atoms with Crippen molar-refractivity contribution in [1.29, 1.82) is 5.41 Å². The quantitative estimate of drug-likeness (QED) is 0.449. The Morgan fingerprint density at radius 2 is 2.09 bits per heavy atom. The van der Waals surface area contributed by atoms with E-state index in [1.54, 1.807) is 7.05 Å². The Balaban J connectivity index is 3.85. The molecular weight excluding hydrogens is 142 g/mol. The smallest absolute Gasteiger partial charge is 0.188 e. The molecule has 0 fully saturated rings. The SMILES string of the molecule is CC(C)C(=O)CN(C)C(=N)N. The van der Waals surface area contributed by atoms with Gasteiger partial charge in [-0.2, -0.15) is 0 Å². The maximum absolute atomic E-state index is 11.1. The highest BCUT2D eigenvalue weighted by Gasteiger charge is 2.10. The van der Waals surface area contributed by atoms with Gasteiger partial charge < -0.3 is 10.6 Å². The molecule has 4 nitrogen and oxygen atoms in total. The molecule has 3 N–H and O–H groups in total. The van der Waals surface area contributed by atoms with Gasteiger partial charge in [0.15, 0.2) is 11.7 Å². The van der Waals surface area contributed by atoms with Crippen molar-refractivity contribution in [1.82, 2.24) is 4.90 Å². The third-order valence-corrected chi connectivity index (χ3v) is 1.45. The number of Topliss-reactive ketones (excluding diaryl/α,β-unsaturated/α-hetero) is 1. The second-order valence-electron chi connectivity index (χ2n) is 2.86. The number of nitrogens with zero attached hydrogens (tertiary/aromatic N) is 1. The van der Waals surface area contributed by atoms with E-state index >= 15 is 0 Å². The Kier molecular flexibility index (Phi) is 3.57. The fraction of sp³-hybridized carbons (Fsp3) is 0.714. The van der Waals surface area contributed by atoms with Crippen LogP contribution in [0.4, 0.5) is 0 Å². The summed E-state index contributed by atoms with van der Waals surface area (Å²) in [4.78, 5) is 12.5. The molecule has 0 radical (unpaired) electrons. The van der Waals surface area contributed by atoms with E-state index < -0.39 is 0 Å². The van der Waals surface area contributed by atoms with E-state index in [0.717, 1.165) is 0 Å². The monoisotopic (exact) mass is 157 g/mol. The lowest BCUT2D eigenvalue weighted by molar-refractivity contribution is -0.122. The molecule has 4 heteroatoms. The van der Waals surface area contributed by atoms with Crippen LogP contribution in [0.3, 0.4) is 0 Å². The molecule has 0 rings (SSSR count). The van der Waals surface area contributed by atoms with Crippen molar-refractivity contribution >= 4 is 11.7 Å². The zero-order valence-electron chi connectivity index (χ0n) is 7.22. The molecule has 0 unspecified atom stereocenters. The standard InChI is InChI=1S/C7H15N3O/c1-5(2)6(11)4-10(3)7(8)9/h5H,4H2,1-3H3,(H3,8,9). The second kappa shape index (κ2) is 3.95. The maximum Gasteiger partial charge on any atom is 0.188 e. The predicted molar refractivity (Wildman–Crippen MR) is 44.4 cm³/mol. The van der Waals surface area contributed by atoms with Crippen molar-refractivity contribution in [3.8, 4) is 0 Å². The van der Waals surface area contributed by atoms with Gasteiger partial charge in [-0.1, -0.05) is 13.8 Å². The van der Waals surface area contributed by atoms with Crippen LogP contribution in [0.2, 0.25) is 0 Å². The minimum absolute atomic E-state index is 0.0109. The molecule has 0 aliphatic heterocycles. The Labute approximate surface area is 66.9 Å². The molecule has 0 heterocycles. The number of ketones is 1. The summed E-state index contributed by atoms with van der Waals surface area (Å²) < 4.78 is 0. The topological polar surface area (TPSA) is 70.2 Å². The lowest BCUT2D eigenvalue weighted by Crippen LogP contribution is -2.37. The van der Waals surface area contributed by atoms with Crippen LogP contribution in [0, 0.1) is 11.3 Å². The fourth-order valence-electron chi connectivity index (χ4n) is 0.502. The van der Waals surface area contributed by atoms with E-state index in [-0.39, 0.29) is 24.2 Å². The van der Waals surface area contributed by atoms with Gasteiger partial charge in [0, 0.05) is 13.0 Å². The van der Waals surface area contributed by atoms with Crippen LogP contribution in [0.5, 0.6) is 0 Å². The number of nitrogens with two attached hydrogens (primary N) is 1. The van der Waals surface area contributed by atoms with Gasteiger partial charge in [0.25, 0.3) is 0 Å². The molecule has 0 bridgehead atoms. The molecule has 0 saturated heterocycles. The van der Waals surface area contributed by atoms with Gasteiger partial charge in [-0.25, -0.2) is 0 Å². The molecule has 11 heavy (non-hydrogen) atoms. The highest BCUT2D eigenvalue weighted by molar-refractivity contribution is 5.86. The summed E-state index contributed by atoms with van der Waals surface area (Å²) in [5, 5.41) is 6.99. The Morgan fingerprint density at radius 1 is 1.64 bits per heavy atom. The molecule has 0 aromatic carbocycles. The van der Waals surface area contributed by atoms with Crippen molar-refractivity contribution in [2.45, 2.75) is 13.8 Å². The first kappa shape index (κ1) is 9.94. The van der Waals surface area contributed by atoms with Crippen LogP contribution in [0.15, 0.2) is 0 Å². The highest BCUT2D eigenvalue weighted by atomic mass is 16.1. The lowest BCUT2D eigenvalue weighted by atomic mass is 10.1. The summed E-state index contributed by atoms with van der Waals surface area (Å²) in [7, 11) is 1.63. The molecule has 0 aromatic rings. The van der Waals surface area contributed by atoms with Crippen LogP contribution < -0.4 is 5.73 Å². The first-order chi connectivity index (χ1) is 4.95. The van der Waals surface area contributed by atoms with Crippen LogP contribution in [-0.4, -0.2) is 30.2 Å². The number of carbonyl (C=O) groups is 1. The van der Waals surface area contributed by atoms with Crippen LogP contribution in [0.25, 0.3) is 0 Å². The van der Waals surface area contributed by atoms with Crippen molar-refractivity contribution in [2.24, 2.45) is 11.7 Å². The summed E-state index contributed by atoms with van der Waals surface area (Å²) in [5.74, 6) is 0.0403. The summed E-state index contributed by atoms with van der Waals surface area (Å²) >= 11 is 0. The predicted octanol–water partition coefficient (Wildman–Crippen LogP) is 0.0368. The van der Waals surface area contributed by atoms with Crippen molar-refractivity contribution in [3.63, 3.8) is 0 Å². The van der Waals surface area contributed by atoms with E-state index in [2.05, 4.69) is 0 Å². The lowest BCUT2D eigenvalue weighted by Gasteiger charge is -2.16. The van der Waals surface area contributed by atoms with E-state index in [1.807, 2.05) is 13.8 Å². The van der Waals surface area contributed by atoms with Crippen LogP contribution >= 0.6 is 0 Å². The van der Waals surface area contributed by atoms with Gasteiger partial charge in [0.2, 0.25) is 0 Å².